The molecule has 0 fully saturated rings. The number of hydrogen-bond donors (Lipinski definition) is 2. The number of benzene rings is 2. The Morgan fingerprint density at radius 3 is 2.35 bits per heavy atom. The van der Waals surface area contributed by atoms with Crippen LogP contribution in [0.5, 0.6) is 11.5 Å². The highest BCUT2D eigenvalue weighted by molar-refractivity contribution is 5.82. The minimum Gasteiger partial charge on any atom is -0.493 e. The van der Waals surface area contributed by atoms with Crippen LogP contribution in [0, 0.1) is 0 Å². The molecule has 2 aromatic carbocycles. The second-order valence-corrected chi connectivity index (χ2v) is 5.93. The molecule has 1 amide bonds. The molecular weight excluding hydrogens is 332 g/mol. The van der Waals surface area contributed by atoms with E-state index in [1.54, 1.807) is 14.2 Å². The summed E-state index contributed by atoms with van der Waals surface area (Å²) in [4.78, 5) is 12.4. The summed E-state index contributed by atoms with van der Waals surface area (Å²) in [7, 11) is 4.72. The normalized spacial score (nSPS) is 12.9. The number of carbonyl (C=O) groups is 1. The SMILES string of the molecule is COCC(N)C(=O)NC(Cc1ccc(OC)c(OC)c1)c1ccccc1. The van der Waals surface area contributed by atoms with Crippen LogP contribution in [-0.4, -0.2) is 39.9 Å². The fourth-order valence-electron chi connectivity index (χ4n) is 2.71. The van der Waals surface area contributed by atoms with Crippen molar-refractivity contribution >= 4 is 5.91 Å². The van der Waals surface area contributed by atoms with Gasteiger partial charge in [0, 0.05) is 7.11 Å². The third-order valence-corrected chi connectivity index (χ3v) is 4.09. The Labute approximate surface area is 154 Å². The summed E-state index contributed by atoms with van der Waals surface area (Å²) in [5.74, 6) is 1.07. The lowest BCUT2D eigenvalue weighted by Gasteiger charge is -2.22. The Morgan fingerprint density at radius 1 is 1.04 bits per heavy atom. The van der Waals surface area contributed by atoms with E-state index in [0.717, 1.165) is 11.1 Å². The van der Waals surface area contributed by atoms with E-state index in [4.69, 9.17) is 19.9 Å². The quantitative estimate of drug-likeness (QED) is 0.717. The summed E-state index contributed by atoms with van der Waals surface area (Å²) in [5, 5.41) is 3.02. The summed E-state index contributed by atoms with van der Waals surface area (Å²) < 4.78 is 15.6. The average Bonchev–Trinajstić information content (AvgIpc) is 2.68. The number of carbonyl (C=O) groups excluding carboxylic acids is 1. The van der Waals surface area contributed by atoms with Gasteiger partial charge in [-0.15, -0.1) is 0 Å². The van der Waals surface area contributed by atoms with Crippen molar-refractivity contribution in [3.8, 4) is 11.5 Å². The van der Waals surface area contributed by atoms with Crippen LogP contribution in [0.3, 0.4) is 0 Å². The first kappa shape index (κ1) is 19.8. The zero-order chi connectivity index (χ0) is 18.9. The first-order valence-corrected chi connectivity index (χ1v) is 8.39. The van der Waals surface area contributed by atoms with Gasteiger partial charge in [0.05, 0.1) is 26.9 Å². The molecular formula is C20H26N2O4. The van der Waals surface area contributed by atoms with Gasteiger partial charge in [-0.3, -0.25) is 4.79 Å². The summed E-state index contributed by atoms with van der Waals surface area (Å²) >= 11 is 0. The molecule has 0 radical (unpaired) electrons. The number of nitrogens with one attached hydrogen (secondary N) is 1. The van der Waals surface area contributed by atoms with E-state index in [1.165, 1.54) is 7.11 Å². The van der Waals surface area contributed by atoms with Gasteiger partial charge in [-0.1, -0.05) is 36.4 Å². The predicted octanol–water partition coefficient (Wildman–Crippen LogP) is 2.08. The van der Waals surface area contributed by atoms with E-state index in [-0.39, 0.29) is 18.6 Å². The van der Waals surface area contributed by atoms with Crippen molar-refractivity contribution in [3.63, 3.8) is 0 Å². The van der Waals surface area contributed by atoms with Gasteiger partial charge in [0.25, 0.3) is 0 Å². The standard InChI is InChI=1S/C20H26N2O4/c1-24-13-16(21)20(23)22-17(15-7-5-4-6-8-15)11-14-9-10-18(25-2)19(12-14)26-3/h4-10,12,16-17H,11,13,21H2,1-3H3,(H,22,23). The highest BCUT2D eigenvalue weighted by atomic mass is 16.5. The van der Waals surface area contributed by atoms with Gasteiger partial charge in [-0.05, 0) is 29.7 Å². The van der Waals surface area contributed by atoms with E-state index in [1.807, 2.05) is 48.5 Å². The molecule has 0 aromatic heterocycles. The van der Waals surface area contributed by atoms with Gasteiger partial charge in [0.2, 0.25) is 5.91 Å². The largest absolute Gasteiger partial charge is 0.493 e. The van der Waals surface area contributed by atoms with E-state index in [9.17, 15) is 4.79 Å². The molecule has 2 aromatic rings. The van der Waals surface area contributed by atoms with Crippen LogP contribution in [0.1, 0.15) is 17.2 Å². The Morgan fingerprint density at radius 2 is 1.73 bits per heavy atom. The van der Waals surface area contributed by atoms with Gasteiger partial charge in [0.15, 0.2) is 11.5 Å². The Balaban J connectivity index is 2.23. The maximum atomic E-state index is 12.4. The highest BCUT2D eigenvalue weighted by Crippen LogP contribution is 2.29. The third-order valence-electron chi connectivity index (χ3n) is 4.09. The van der Waals surface area contributed by atoms with Crippen LogP contribution >= 0.6 is 0 Å². The van der Waals surface area contributed by atoms with E-state index in [2.05, 4.69) is 5.32 Å². The maximum Gasteiger partial charge on any atom is 0.239 e. The fourth-order valence-corrected chi connectivity index (χ4v) is 2.71. The lowest BCUT2D eigenvalue weighted by atomic mass is 9.98. The topological polar surface area (TPSA) is 82.8 Å². The van der Waals surface area contributed by atoms with Crippen molar-refractivity contribution in [2.24, 2.45) is 5.73 Å². The van der Waals surface area contributed by atoms with Crippen LogP contribution in [0.2, 0.25) is 0 Å². The van der Waals surface area contributed by atoms with E-state index in [0.29, 0.717) is 17.9 Å². The van der Waals surface area contributed by atoms with Gasteiger partial charge in [0.1, 0.15) is 6.04 Å². The summed E-state index contributed by atoms with van der Waals surface area (Å²) in [6, 6.07) is 14.6. The smallest absolute Gasteiger partial charge is 0.239 e. The minimum atomic E-state index is -0.711. The number of amides is 1. The molecule has 0 aliphatic rings. The molecule has 0 saturated carbocycles. The van der Waals surface area contributed by atoms with Gasteiger partial charge >= 0.3 is 0 Å². The van der Waals surface area contributed by atoms with Crippen LogP contribution < -0.4 is 20.5 Å². The van der Waals surface area contributed by atoms with E-state index < -0.39 is 6.04 Å². The minimum absolute atomic E-state index is 0.170. The molecule has 0 aliphatic heterocycles. The summed E-state index contributed by atoms with van der Waals surface area (Å²) in [6.07, 6.45) is 0.593. The molecule has 0 spiro atoms. The molecule has 26 heavy (non-hydrogen) atoms. The maximum absolute atomic E-state index is 12.4. The van der Waals surface area contributed by atoms with Crippen molar-refractivity contribution in [1.82, 2.24) is 5.32 Å². The summed E-state index contributed by atoms with van der Waals surface area (Å²) in [6.45, 7) is 0.170. The number of rotatable bonds is 9. The molecule has 0 aliphatic carbocycles. The molecule has 3 N–H and O–H groups in total. The Kier molecular flexibility index (Phi) is 7.44. The predicted molar refractivity (Wildman–Crippen MR) is 100 cm³/mol. The van der Waals surface area contributed by atoms with Gasteiger partial charge in [-0.25, -0.2) is 0 Å². The number of nitrogens with two attached hydrogens (primary N) is 1. The second-order valence-electron chi connectivity index (χ2n) is 5.93. The molecule has 0 heterocycles. The lowest BCUT2D eigenvalue weighted by Crippen LogP contribution is -2.45. The van der Waals surface area contributed by atoms with E-state index >= 15 is 0 Å². The van der Waals surface area contributed by atoms with Crippen LogP contribution in [0.4, 0.5) is 0 Å². The van der Waals surface area contributed by atoms with Crippen LogP contribution in [-0.2, 0) is 16.0 Å². The van der Waals surface area contributed by atoms with Crippen molar-refractivity contribution in [2.45, 2.75) is 18.5 Å². The fraction of sp³-hybridized carbons (Fsp3) is 0.350. The zero-order valence-corrected chi connectivity index (χ0v) is 15.4. The van der Waals surface area contributed by atoms with Gasteiger partial charge in [-0.2, -0.15) is 0 Å². The average molecular weight is 358 g/mol. The summed E-state index contributed by atoms with van der Waals surface area (Å²) in [5.41, 5.74) is 7.87. The third kappa shape index (κ3) is 5.21. The van der Waals surface area contributed by atoms with Crippen molar-refractivity contribution in [1.29, 1.82) is 0 Å². The van der Waals surface area contributed by atoms with Gasteiger partial charge < -0.3 is 25.3 Å². The van der Waals surface area contributed by atoms with Crippen molar-refractivity contribution < 1.29 is 19.0 Å². The molecule has 6 heteroatoms. The molecule has 2 atom stereocenters. The highest BCUT2D eigenvalue weighted by Gasteiger charge is 2.20. The second kappa shape index (κ2) is 9.79. The molecule has 0 saturated heterocycles. The molecule has 2 unspecified atom stereocenters. The Bertz CT molecular complexity index is 706. The zero-order valence-electron chi connectivity index (χ0n) is 15.4. The monoisotopic (exact) mass is 358 g/mol. The number of ether oxygens (including phenoxy) is 3. The number of methoxy groups -OCH3 is 3. The first-order chi connectivity index (χ1) is 12.6. The van der Waals surface area contributed by atoms with Crippen LogP contribution in [0.15, 0.2) is 48.5 Å². The molecule has 0 bridgehead atoms. The lowest BCUT2D eigenvalue weighted by molar-refractivity contribution is -0.124. The molecule has 140 valence electrons. The van der Waals surface area contributed by atoms with Crippen LogP contribution in [0.25, 0.3) is 0 Å². The Hall–Kier alpha value is -2.57. The first-order valence-electron chi connectivity index (χ1n) is 8.39. The molecule has 6 nitrogen and oxygen atoms in total. The number of hydrogen-bond acceptors (Lipinski definition) is 5. The van der Waals surface area contributed by atoms with Crippen molar-refractivity contribution in [3.05, 3.63) is 59.7 Å². The molecule has 2 rings (SSSR count). The van der Waals surface area contributed by atoms with Crippen molar-refractivity contribution in [2.75, 3.05) is 27.9 Å².